The number of nitrogens with one attached hydrogen (secondary N) is 1. The number of nitrogens with two attached hydrogens (primary N) is 1. The third-order valence-corrected chi connectivity index (χ3v) is 3.37. The van der Waals surface area contributed by atoms with Crippen LogP contribution in [-0.4, -0.2) is 21.5 Å². The molecule has 15 heavy (non-hydrogen) atoms. The summed E-state index contributed by atoms with van der Waals surface area (Å²) in [4.78, 5) is 11.3. The van der Waals surface area contributed by atoms with E-state index in [4.69, 9.17) is 17.3 Å². The van der Waals surface area contributed by atoms with Gasteiger partial charge >= 0.3 is 0 Å². The predicted octanol–water partition coefficient (Wildman–Crippen LogP) is 1.67. The summed E-state index contributed by atoms with van der Waals surface area (Å²) in [5.41, 5.74) is 7.66. The van der Waals surface area contributed by atoms with E-state index in [1.54, 1.807) is 0 Å². The number of aromatic amines is 1. The lowest BCUT2D eigenvalue weighted by molar-refractivity contribution is 0.812. The topological polar surface area (TPSA) is 67.6 Å². The van der Waals surface area contributed by atoms with Gasteiger partial charge in [-0.3, -0.25) is 0 Å². The Bertz CT molecular complexity index is 507. The Balaban J connectivity index is 2.12. The van der Waals surface area contributed by atoms with Gasteiger partial charge in [-0.1, -0.05) is 11.6 Å². The Morgan fingerprint density at radius 3 is 3.13 bits per heavy atom. The van der Waals surface area contributed by atoms with Crippen LogP contribution in [0, 0.1) is 5.92 Å². The molecule has 78 valence electrons. The minimum atomic E-state index is 0.527. The molecule has 0 amide bonds. The molecule has 5 heteroatoms. The zero-order chi connectivity index (χ0) is 10.4. The molecule has 3 N–H and O–H groups in total. The molecular weight excluding hydrogens is 212 g/mol. The van der Waals surface area contributed by atoms with Crippen molar-refractivity contribution in [1.29, 1.82) is 0 Å². The Morgan fingerprint density at radius 2 is 2.40 bits per heavy atom. The second kappa shape index (κ2) is 3.18. The molecule has 0 bridgehead atoms. The SMILES string of the molecule is NCC1CC1c1c[nH]c2ncnc(Cl)c12. The van der Waals surface area contributed by atoms with E-state index in [1.807, 2.05) is 6.20 Å². The molecule has 2 atom stereocenters. The molecule has 0 aliphatic heterocycles. The summed E-state index contributed by atoms with van der Waals surface area (Å²) < 4.78 is 0. The van der Waals surface area contributed by atoms with Crippen molar-refractivity contribution in [3.63, 3.8) is 0 Å². The number of aromatic nitrogens is 3. The third-order valence-electron chi connectivity index (χ3n) is 3.08. The molecule has 3 rings (SSSR count). The Hall–Kier alpha value is -1.13. The highest BCUT2D eigenvalue weighted by molar-refractivity contribution is 6.34. The van der Waals surface area contributed by atoms with Gasteiger partial charge in [-0.25, -0.2) is 9.97 Å². The predicted molar refractivity (Wildman–Crippen MR) is 58.8 cm³/mol. The first-order chi connectivity index (χ1) is 7.31. The summed E-state index contributed by atoms with van der Waals surface area (Å²) in [6, 6.07) is 0. The van der Waals surface area contributed by atoms with Crippen molar-refractivity contribution in [2.45, 2.75) is 12.3 Å². The lowest BCUT2D eigenvalue weighted by Crippen LogP contribution is -2.01. The van der Waals surface area contributed by atoms with E-state index in [-0.39, 0.29) is 0 Å². The Morgan fingerprint density at radius 1 is 1.53 bits per heavy atom. The van der Waals surface area contributed by atoms with Crippen molar-refractivity contribution in [2.24, 2.45) is 11.7 Å². The molecule has 2 aromatic heterocycles. The van der Waals surface area contributed by atoms with Gasteiger partial charge in [0.05, 0.1) is 5.39 Å². The number of H-pyrrole nitrogens is 1. The summed E-state index contributed by atoms with van der Waals surface area (Å²) in [6.07, 6.45) is 4.60. The molecule has 0 aromatic carbocycles. The van der Waals surface area contributed by atoms with Crippen LogP contribution >= 0.6 is 11.6 Å². The number of halogens is 1. The van der Waals surface area contributed by atoms with Gasteiger partial charge in [-0.15, -0.1) is 0 Å². The van der Waals surface area contributed by atoms with Gasteiger partial charge in [0.15, 0.2) is 0 Å². The molecule has 1 aliphatic carbocycles. The molecule has 2 heterocycles. The normalized spacial score (nSPS) is 24.7. The lowest BCUT2D eigenvalue weighted by Gasteiger charge is -1.97. The van der Waals surface area contributed by atoms with Gasteiger partial charge < -0.3 is 10.7 Å². The summed E-state index contributed by atoms with van der Waals surface area (Å²) in [5.74, 6) is 1.13. The number of fused-ring (bicyclic) bond motifs is 1. The van der Waals surface area contributed by atoms with Gasteiger partial charge in [0, 0.05) is 6.20 Å². The summed E-state index contributed by atoms with van der Waals surface area (Å²) >= 11 is 6.06. The van der Waals surface area contributed by atoms with Crippen molar-refractivity contribution >= 4 is 22.6 Å². The zero-order valence-corrected chi connectivity index (χ0v) is 8.83. The van der Waals surface area contributed by atoms with Crippen molar-refractivity contribution < 1.29 is 0 Å². The standard InChI is InChI=1S/C10H11ClN4/c11-9-8-7(6-1-5(6)2-12)3-13-10(8)15-4-14-9/h3-6H,1-2,12H2,(H,13,14,15). The van der Waals surface area contributed by atoms with E-state index in [2.05, 4.69) is 15.0 Å². The zero-order valence-electron chi connectivity index (χ0n) is 8.07. The Kier molecular flexibility index (Phi) is 1.94. The summed E-state index contributed by atoms with van der Waals surface area (Å²) in [6.45, 7) is 0.739. The molecule has 0 saturated heterocycles. The molecular formula is C10H11ClN4. The first kappa shape index (κ1) is 9.12. The fourth-order valence-electron chi connectivity index (χ4n) is 2.13. The van der Waals surface area contributed by atoms with Crippen LogP contribution in [0.1, 0.15) is 17.9 Å². The fourth-order valence-corrected chi connectivity index (χ4v) is 2.37. The number of hydrogen-bond donors (Lipinski definition) is 2. The average molecular weight is 223 g/mol. The van der Waals surface area contributed by atoms with Crippen molar-refractivity contribution in [2.75, 3.05) is 6.54 Å². The van der Waals surface area contributed by atoms with Gasteiger partial charge in [-0.2, -0.15) is 0 Å². The largest absolute Gasteiger partial charge is 0.346 e. The molecule has 4 nitrogen and oxygen atoms in total. The van der Waals surface area contributed by atoms with Crippen LogP contribution in [0.25, 0.3) is 11.0 Å². The quantitative estimate of drug-likeness (QED) is 0.760. The second-order valence-electron chi connectivity index (χ2n) is 3.97. The van der Waals surface area contributed by atoms with Crippen LogP contribution in [0.2, 0.25) is 5.15 Å². The molecule has 0 spiro atoms. The van der Waals surface area contributed by atoms with E-state index in [1.165, 1.54) is 11.9 Å². The summed E-state index contributed by atoms with van der Waals surface area (Å²) in [7, 11) is 0. The van der Waals surface area contributed by atoms with Crippen LogP contribution in [0.3, 0.4) is 0 Å². The monoisotopic (exact) mass is 222 g/mol. The Labute approximate surface area is 91.9 Å². The molecule has 2 aromatic rings. The minimum Gasteiger partial charge on any atom is -0.346 e. The number of rotatable bonds is 2. The molecule has 1 aliphatic rings. The maximum Gasteiger partial charge on any atom is 0.142 e. The van der Waals surface area contributed by atoms with Gasteiger partial charge in [0.1, 0.15) is 17.1 Å². The lowest BCUT2D eigenvalue weighted by atomic mass is 10.1. The third kappa shape index (κ3) is 1.33. The molecule has 1 saturated carbocycles. The number of nitrogens with zero attached hydrogens (tertiary/aromatic N) is 2. The van der Waals surface area contributed by atoms with Gasteiger partial charge in [0.25, 0.3) is 0 Å². The van der Waals surface area contributed by atoms with Crippen molar-refractivity contribution in [3.05, 3.63) is 23.2 Å². The van der Waals surface area contributed by atoms with Gasteiger partial charge in [0.2, 0.25) is 0 Å². The fraction of sp³-hybridized carbons (Fsp3) is 0.400. The van der Waals surface area contributed by atoms with E-state index in [0.717, 1.165) is 24.0 Å². The highest BCUT2D eigenvalue weighted by Crippen LogP contribution is 2.49. The highest BCUT2D eigenvalue weighted by Gasteiger charge is 2.39. The smallest absolute Gasteiger partial charge is 0.142 e. The van der Waals surface area contributed by atoms with E-state index in [0.29, 0.717) is 17.0 Å². The minimum absolute atomic E-state index is 0.527. The van der Waals surface area contributed by atoms with Crippen LogP contribution in [-0.2, 0) is 0 Å². The average Bonchev–Trinajstić information content (AvgIpc) is 2.90. The molecule has 0 radical (unpaired) electrons. The van der Waals surface area contributed by atoms with Crippen molar-refractivity contribution in [3.8, 4) is 0 Å². The first-order valence-corrected chi connectivity index (χ1v) is 5.36. The highest BCUT2D eigenvalue weighted by atomic mass is 35.5. The maximum absolute atomic E-state index is 6.06. The number of hydrogen-bond acceptors (Lipinski definition) is 3. The van der Waals surface area contributed by atoms with E-state index < -0.39 is 0 Å². The van der Waals surface area contributed by atoms with E-state index >= 15 is 0 Å². The molecule has 2 unspecified atom stereocenters. The van der Waals surface area contributed by atoms with Crippen LogP contribution < -0.4 is 5.73 Å². The summed E-state index contributed by atoms with van der Waals surface area (Å²) in [5, 5.41) is 1.49. The van der Waals surface area contributed by atoms with Crippen LogP contribution in [0.4, 0.5) is 0 Å². The second-order valence-corrected chi connectivity index (χ2v) is 4.33. The van der Waals surface area contributed by atoms with Gasteiger partial charge in [-0.05, 0) is 30.4 Å². The first-order valence-electron chi connectivity index (χ1n) is 4.98. The van der Waals surface area contributed by atoms with E-state index in [9.17, 15) is 0 Å². The van der Waals surface area contributed by atoms with Crippen molar-refractivity contribution in [1.82, 2.24) is 15.0 Å². The van der Waals surface area contributed by atoms with Crippen LogP contribution in [0.5, 0.6) is 0 Å². The van der Waals surface area contributed by atoms with Crippen LogP contribution in [0.15, 0.2) is 12.5 Å². The maximum atomic E-state index is 6.06. The molecule has 1 fully saturated rings.